The number of aromatic nitrogens is 2. The fourth-order valence-electron chi connectivity index (χ4n) is 3.40. The lowest BCUT2D eigenvalue weighted by Crippen LogP contribution is -2.56. The largest absolute Gasteiger partial charge is 0.445 e. The summed E-state index contributed by atoms with van der Waals surface area (Å²) in [5, 5.41) is -0.452. The van der Waals surface area contributed by atoms with Gasteiger partial charge in [-0.1, -0.05) is 4.41 Å². The van der Waals surface area contributed by atoms with E-state index in [0.717, 1.165) is 6.07 Å². The maximum atomic E-state index is 13.7. The predicted octanol–water partition coefficient (Wildman–Crippen LogP) is 1.24. The molecule has 1 fully saturated rings. The molecule has 182 valence electrons. The maximum Gasteiger partial charge on any atom is 0.444 e. The van der Waals surface area contributed by atoms with Gasteiger partial charge in [-0.15, -0.1) is 4.68 Å². The van der Waals surface area contributed by atoms with E-state index >= 15 is 0 Å². The second kappa shape index (κ2) is 9.15. The molecule has 1 aliphatic rings. The number of H-pyrrole nitrogens is 1. The molecule has 0 saturated carbocycles. The second-order valence-electron chi connectivity index (χ2n) is 7.14. The fraction of sp³-hybridized carbons (Fsp3) is 0.500. The quantitative estimate of drug-likeness (QED) is 0.591. The number of alkyl halides is 3. The number of nitrogens with zero attached hydrogens (tertiary/aromatic N) is 2. The van der Waals surface area contributed by atoms with Crippen molar-refractivity contribution in [1.29, 1.82) is 0 Å². The molecule has 1 saturated heterocycles. The van der Waals surface area contributed by atoms with Crippen LogP contribution in [0.3, 0.4) is 0 Å². The first-order chi connectivity index (χ1) is 15.4. The summed E-state index contributed by atoms with van der Waals surface area (Å²) in [6, 6.07) is 1.47. The summed E-state index contributed by atoms with van der Waals surface area (Å²) in [5.74, 6) is 0. The van der Waals surface area contributed by atoms with Crippen molar-refractivity contribution in [3.05, 3.63) is 44.1 Å². The molecule has 1 aromatic carbocycles. The van der Waals surface area contributed by atoms with Crippen molar-refractivity contribution in [2.24, 2.45) is 0 Å². The van der Waals surface area contributed by atoms with Crippen LogP contribution in [0.25, 0.3) is 10.9 Å². The van der Waals surface area contributed by atoms with E-state index in [1.807, 2.05) is 4.98 Å². The highest BCUT2D eigenvalue weighted by Crippen LogP contribution is 2.40. The molecule has 3 rings (SSSR count). The third kappa shape index (κ3) is 5.04. The van der Waals surface area contributed by atoms with Gasteiger partial charge in [-0.25, -0.2) is 18.0 Å². The Balaban J connectivity index is 2.26. The molecule has 0 bridgehead atoms. The highest BCUT2D eigenvalue weighted by Gasteiger charge is 2.38. The molecular weight excluding hydrogens is 475 g/mol. The van der Waals surface area contributed by atoms with Crippen LogP contribution in [0.1, 0.15) is 30.1 Å². The predicted molar refractivity (Wildman–Crippen MR) is 108 cm³/mol. The molecule has 15 heteroatoms. The van der Waals surface area contributed by atoms with E-state index in [1.165, 1.54) is 7.11 Å². The Hall–Kier alpha value is -2.91. The number of hydrogen-bond acceptors (Lipinski definition) is 8. The Bertz CT molecular complexity index is 1280. The van der Waals surface area contributed by atoms with E-state index in [4.69, 9.17) is 9.47 Å². The zero-order chi connectivity index (χ0) is 24.6. The molecule has 2 heterocycles. The molecule has 0 radical (unpaired) electrons. The van der Waals surface area contributed by atoms with Gasteiger partial charge in [-0.05, 0) is 30.5 Å². The molecule has 2 aromatic rings. The summed E-state index contributed by atoms with van der Waals surface area (Å²) in [4.78, 5) is 40.0. The summed E-state index contributed by atoms with van der Waals surface area (Å²) in [6.07, 6.45) is -6.02. The van der Waals surface area contributed by atoms with Gasteiger partial charge in [0.1, 0.15) is 6.61 Å². The lowest BCUT2D eigenvalue weighted by molar-refractivity contribution is -0.139. The Kier molecular flexibility index (Phi) is 6.85. The van der Waals surface area contributed by atoms with Crippen LogP contribution in [0.4, 0.5) is 18.0 Å². The fourth-order valence-corrected chi connectivity index (χ4v) is 4.17. The SMILES string of the molecule is COCCOC(=O)N(n1c(=O)[nH]c2cc(C(F)(F)F)c(C3CCCO3)cc2c1=O)S(C)(=O)=O. The number of benzene rings is 1. The van der Waals surface area contributed by atoms with Gasteiger partial charge in [-0.2, -0.15) is 13.2 Å². The van der Waals surface area contributed by atoms with Crippen molar-refractivity contribution in [2.45, 2.75) is 25.1 Å². The van der Waals surface area contributed by atoms with E-state index in [9.17, 15) is 36.0 Å². The number of hydrogen-bond donors (Lipinski definition) is 1. The van der Waals surface area contributed by atoms with Gasteiger partial charge in [-0.3, -0.25) is 4.79 Å². The number of methoxy groups -OCH3 is 1. The standard InChI is InChI=1S/C18H20F3N3O8S/c1-30-6-7-32-17(27)24(33(2,28)29)23-15(25)11-8-10(14-4-3-5-31-14)12(18(19,20)21)9-13(11)22-16(23)26/h8-9,14H,3-7H2,1-2H3,(H,22,26). The van der Waals surface area contributed by atoms with E-state index in [0.29, 0.717) is 18.7 Å². The minimum Gasteiger partial charge on any atom is -0.445 e. The Morgan fingerprint density at radius 2 is 2.00 bits per heavy atom. The van der Waals surface area contributed by atoms with Gasteiger partial charge in [0, 0.05) is 13.7 Å². The summed E-state index contributed by atoms with van der Waals surface area (Å²) in [7, 11) is -3.28. The van der Waals surface area contributed by atoms with Crippen LogP contribution in [0.2, 0.25) is 0 Å². The minimum absolute atomic E-state index is 0.0423. The molecule has 33 heavy (non-hydrogen) atoms. The lowest BCUT2D eigenvalue weighted by atomic mass is 9.97. The number of carbonyl (C=O) groups excluding carboxylic acids is 1. The number of aromatic amines is 1. The van der Waals surface area contributed by atoms with Crippen LogP contribution < -0.4 is 15.7 Å². The zero-order valence-electron chi connectivity index (χ0n) is 17.5. The average Bonchev–Trinajstić information content (AvgIpc) is 3.23. The zero-order valence-corrected chi connectivity index (χ0v) is 18.3. The van der Waals surface area contributed by atoms with E-state index < -0.39 is 56.1 Å². The van der Waals surface area contributed by atoms with Gasteiger partial charge in [0.05, 0.1) is 35.4 Å². The summed E-state index contributed by atoms with van der Waals surface area (Å²) >= 11 is 0. The van der Waals surface area contributed by atoms with Crippen molar-refractivity contribution >= 4 is 27.0 Å². The van der Waals surface area contributed by atoms with Gasteiger partial charge >= 0.3 is 18.0 Å². The van der Waals surface area contributed by atoms with Crippen molar-refractivity contribution in [2.75, 3.05) is 37.6 Å². The normalized spacial score (nSPS) is 16.8. The number of halogens is 3. The van der Waals surface area contributed by atoms with Gasteiger partial charge in [0.2, 0.25) is 0 Å². The number of fused-ring (bicyclic) bond motifs is 1. The topological polar surface area (TPSA) is 137 Å². The highest BCUT2D eigenvalue weighted by atomic mass is 32.2. The first kappa shape index (κ1) is 24.7. The third-order valence-electron chi connectivity index (χ3n) is 4.79. The van der Waals surface area contributed by atoms with Crippen LogP contribution >= 0.6 is 0 Å². The number of rotatable bonds is 6. The molecule has 1 amide bonds. The summed E-state index contributed by atoms with van der Waals surface area (Å²) in [6.45, 7) is -0.262. The van der Waals surface area contributed by atoms with Crippen molar-refractivity contribution in [3.63, 3.8) is 0 Å². The molecule has 1 aromatic heterocycles. The smallest absolute Gasteiger partial charge is 0.444 e. The van der Waals surface area contributed by atoms with Crippen LogP contribution in [-0.4, -0.2) is 57.4 Å². The molecule has 11 nitrogen and oxygen atoms in total. The minimum atomic E-state index is -4.81. The van der Waals surface area contributed by atoms with E-state index in [-0.39, 0.29) is 40.9 Å². The molecule has 1 atom stereocenters. The monoisotopic (exact) mass is 495 g/mol. The maximum absolute atomic E-state index is 13.7. The highest BCUT2D eigenvalue weighted by molar-refractivity contribution is 7.92. The molecule has 0 aliphatic carbocycles. The number of nitrogens with one attached hydrogen (secondary N) is 1. The molecule has 1 aliphatic heterocycles. The van der Waals surface area contributed by atoms with Gasteiger partial charge in [0.15, 0.2) is 0 Å². The number of amides is 1. The summed E-state index contributed by atoms with van der Waals surface area (Å²) in [5.41, 5.74) is -4.72. The van der Waals surface area contributed by atoms with Gasteiger partial charge < -0.3 is 19.2 Å². The van der Waals surface area contributed by atoms with Crippen molar-refractivity contribution in [1.82, 2.24) is 9.66 Å². The number of ether oxygens (including phenoxy) is 3. The molecule has 1 unspecified atom stereocenters. The Labute approximate surface area is 184 Å². The third-order valence-corrected chi connectivity index (χ3v) is 5.73. The van der Waals surface area contributed by atoms with Crippen LogP contribution in [-0.2, 0) is 30.4 Å². The van der Waals surface area contributed by atoms with Gasteiger partial charge in [0.25, 0.3) is 15.6 Å². The van der Waals surface area contributed by atoms with Crippen LogP contribution in [0, 0.1) is 0 Å². The molecular formula is C18H20F3N3O8S. The van der Waals surface area contributed by atoms with Crippen molar-refractivity contribution < 1.29 is 40.6 Å². The Morgan fingerprint density at radius 1 is 1.30 bits per heavy atom. The van der Waals surface area contributed by atoms with E-state index in [1.54, 1.807) is 0 Å². The van der Waals surface area contributed by atoms with Crippen LogP contribution in [0.15, 0.2) is 21.7 Å². The lowest BCUT2D eigenvalue weighted by Gasteiger charge is -2.22. The molecule has 1 N–H and O–H groups in total. The number of carbonyl (C=O) groups is 1. The van der Waals surface area contributed by atoms with E-state index in [2.05, 4.69) is 4.74 Å². The first-order valence-electron chi connectivity index (χ1n) is 9.54. The van der Waals surface area contributed by atoms with Crippen molar-refractivity contribution in [3.8, 4) is 0 Å². The second-order valence-corrected chi connectivity index (χ2v) is 8.96. The number of sulfonamides is 1. The first-order valence-corrected chi connectivity index (χ1v) is 11.4. The summed E-state index contributed by atoms with van der Waals surface area (Å²) < 4.78 is 79.9. The molecule has 0 spiro atoms. The van der Waals surface area contributed by atoms with Crippen LogP contribution in [0.5, 0.6) is 0 Å². The Morgan fingerprint density at radius 3 is 2.55 bits per heavy atom. The average molecular weight is 495 g/mol.